The molecule has 0 radical (unpaired) electrons. The number of carbonyl (C=O) groups is 1. The number of hydrogen-bond acceptors (Lipinski definition) is 3. The zero-order chi connectivity index (χ0) is 22.3. The molecule has 0 atom stereocenters. The third-order valence-electron chi connectivity index (χ3n) is 5.23. The lowest BCUT2D eigenvalue weighted by atomic mass is 9.99. The summed E-state index contributed by atoms with van der Waals surface area (Å²) in [7, 11) is -3.72. The van der Waals surface area contributed by atoms with Crippen LogP contribution >= 0.6 is 0 Å². The highest BCUT2D eigenvalue weighted by molar-refractivity contribution is 7.92. The van der Waals surface area contributed by atoms with E-state index in [1.165, 1.54) is 0 Å². The molecule has 0 aliphatic heterocycles. The lowest BCUT2D eigenvalue weighted by Gasteiger charge is -2.14. The summed E-state index contributed by atoms with van der Waals surface area (Å²) in [6.07, 6.45) is 4.11. The van der Waals surface area contributed by atoms with E-state index in [1.807, 2.05) is 24.3 Å². The van der Waals surface area contributed by atoms with Crippen LogP contribution in [0.3, 0.4) is 0 Å². The molecule has 6 heteroatoms. The number of carboxylic acid groups (broad SMARTS) is 1. The molecule has 2 N–H and O–H groups in total. The molecule has 3 rings (SSSR count). The van der Waals surface area contributed by atoms with Gasteiger partial charge in [-0.25, -0.2) is 13.2 Å². The summed E-state index contributed by atoms with van der Waals surface area (Å²) in [6.45, 7) is 2.13. The smallest absolute Gasteiger partial charge is 0.335 e. The van der Waals surface area contributed by atoms with E-state index in [2.05, 4.69) is 11.6 Å². The van der Waals surface area contributed by atoms with Gasteiger partial charge >= 0.3 is 5.97 Å². The van der Waals surface area contributed by atoms with Crippen LogP contribution in [0, 0.1) is 0 Å². The maximum Gasteiger partial charge on any atom is 0.335 e. The molecule has 0 fully saturated rings. The number of unbranched alkanes of at least 4 members (excludes halogenated alkanes) is 1. The van der Waals surface area contributed by atoms with Crippen molar-refractivity contribution in [2.24, 2.45) is 0 Å². The van der Waals surface area contributed by atoms with Crippen LogP contribution in [0.25, 0.3) is 0 Å². The fourth-order valence-corrected chi connectivity index (χ4v) is 4.57. The molecule has 0 aromatic heterocycles. The van der Waals surface area contributed by atoms with E-state index in [0.29, 0.717) is 18.5 Å². The van der Waals surface area contributed by atoms with Crippen LogP contribution in [0.15, 0.2) is 77.7 Å². The first-order valence-corrected chi connectivity index (χ1v) is 11.9. The number of aryl methyl sites for hydroxylation is 3. The molecule has 0 spiro atoms. The topological polar surface area (TPSA) is 83.5 Å². The molecule has 0 heterocycles. The molecular formula is C25H27NO4S. The zero-order valence-electron chi connectivity index (χ0n) is 17.5. The van der Waals surface area contributed by atoms with Crippen molar-refractivity contribution in [1.82, 2.24) is 0 Å². The first kappa shape index (κ1) is 22.6. The maximum atomic E-state index is 12.9. The molecule has 0 saturated carbocycles. The molecule has 3 aromatic carbocycles. The van der Waals surface area contributed by atoms with E-state index in [-0.39, 0.29) is 10.5 Å². The quantitative estimate of drug-likeness (QED) is 0.450. The minimum atomic E-state index is -3.72. The number of nitrogens with one attached hydrogen (secondary N) is 1. The van der Waals surface area contributed by atoms with E-state index < -0.39 is 16.0 Å². The Balaban J connectivity index is 1.76. The second-order valence-electron chi connectivity index (χ2n) is 7.47. The Bertz CT molecular complexity index is 1140. The van der Waals surface area contributed by atoms with Crippen LogP contribution in [-0.2, 0) is 29.3 Å². The van der Waals surface area contributed by atoms with Gasteiger partial charge in [-0.05, 0) is 66.6 Å². The van der Waals surface area contributed by atoms with E-state index in [0.717, 1.165) is 36.0 Å². The van der Waals surface area contributed by atoms with E-state index in [9.17, 15) is 18.3 Å². The molecule has 0 bridgehead atoms. The minimum absolute atomic E-state index is 0.221. The summed E-state index contributed by atoms with van der Waals surface area (Å²) in [5.41, 5.74) is 3.42. The van der Waals surface area contributed by atoms with Gasteiger partial charge in [0.15, 0.2) is 0 Å². The monoisotopic (exact) mass is 437 g/mol. The maximum absolute atomic E-state index is 12.9. The van der Waals surface area contributed by atoms with Gasteiger partial charge in [-0.1, -0.05) is 61.9 Å². The summed E-state index contributed by atoms with van der Waals surface area (Å²) >= 11 is 0. The Morgan fingerprint density at radius 2 is 1.45 bits per heavy atom. The molecule has 0 unspecified atom stereocenters. The van der Waals surface area contributed by atoms with Gasteiger partial charge in [-0.2, -0.15) is 0 Å². The predicted octanol–water partition coefficient (Wildman–Crippen LogP) is 5.31. The number of anilines is 1. The van der Waals surface area contributed by atoms with Crippen LogP contribution in [-0.4, -0.2) is 19.5 Å². The second kappa shape index (κ2) is 10.3. The number of aromatic carboxylic acids is 1. The zero-order valence-corrected chi connectivity index (χ0v) is 18.4. The fourth-order valence-electron chi connectivity index (χ4n) is 3.47. The van der Waals surface area contributed by atoms with Crippen molar-refractivity contribution >= 4 is 21.7 Å². The Kier molecular flexibility index (Phi) is 7.47. The first-order chi connectivity index (χ1) is 14.9. The number of para-hydroxylation sites is 1. The average Bonchev–Trinajstić information content (AvgIpc) is 2.77. The highest BCUT2D eigenvalue weighted by atomic mass is 32.2. The van der Waals surface area contributed by atoms with Gasteiger partial charge in [-0.3, -0.25) is 4.72 Å². The second-order valence-corrected chi connectivity index (χ2v) is 9.15. The van der Waals surface area contributed by atoms with Crippen LogP contribution in [0.2, 0.25) is 0 Å². The average molecular weight is 438 g/mol. The van der Waals surface area contributed by atoms with Crippen molar-refractivity contribution in [3.63, 3.8) is 0 Å². The number of hydrogen-bond donors (Lipinski definition) is 2. The predicted molar refractivity (Wildman–Crippen MR) is 123 cm³/mol. The molecule has 0 aliphatic carbocycles. The lowest BCUT2D eigenvalue weighted by Crippen LogP contribution is -2.14. The summed E-state index contributed by atoms with van der Waals surface area (Å²) < 4.78 is 28.5. The SMILES string of the molecule is CCCCc1ccc(S(=O)(=O)Nc2ccccc2CCc2ccccc2C(=O)O)cc1. The Hall–Kier alpha value is -3.12. The Labute approximate surface area is 183 Å². The lowest BCUT2D eigenvalue weighted by molar-refractivity contribution is 0.0695. The highest BCUT2D eigenvalue weighted by Crippen LogP contribution is 2.23. The van der Waals surface area contributed by atoms with Gasteiger partial charge in [0.2, 0.25) is 0 Å². The third-order valence-corrected chi connectivity index (χ3v) is 6.61. The van der Waals surface area contributed by atoms with Crippen molar-refractivity contribution in [3.8, 4) is 0 Å². The summed E-state index contributed by atoms with van der Waals surface area (Å²) in [5.74, 6) is -0.966. The number of rotatable bonds is 10. The van der Waals surface area contributed by atoms with Gasteiger partial charge in [0, 0.05) is 0 Å². The molecule has 0 aliphatic rings. The van der Waals surface area contributed by atoms with Gasteiger partial charge in [0.1, 0.15) is 0 Å². The summed E-state index contributed by atoms with van der Waals surface area (Å²) in [6, 6.07) is 21.1. The Morgan fingerprint density at radius 1 is 0.839 bits per heavy atom. The summed E-state index contributed by atoms with van der Waals surface area (Å²) in [4.78, 5) is 11.7. The fraction of sp³-hybridized carbons (Fsp3) is 0.240. The van der Waals surface area contributed by atoms with E-state index in [1.54, 1.807) is 48.5 Å². The van der Waals surface area contributed by atoms with E-state index in [4.69, 9.17) is 0 Å². The highest BCUT2D eigenvalue weighted by Gasteiger charge is 2.16. The van der Waals surface area contributed by atoms with Crippen molar-refractivity contribution in [3.05, 3.63) is 95.1 Å². The van der Waals surface area contributed by atoms with Crippen molar-refractivity contribution in [2.75, 3.05) is 4.72 Å². The molecule has 0 amide bonds. The van der Waals surface area contributed by atoms with Gasteiger partial charge < -0.3 is 5.11 Å². The van der Waals surface area contributed by atoms with Crippen molar-refractivity contribution in [2.45, 2.75) is 43.9 Å². The van der Waals surface area contributed by atoms with Crippen LogP contribution in [0.4, 0.5) is 5.69 Å². The normalized spacial score (nSPS) is 11.3. The van der Waals surface area contributed by atoms with Gasteiger partial charge in [0.05, 0.1) is 16.1 Å². The molecule has 0 saturated heterocycles. The van der Waals surface area contributed by atoms with Gasteiger partial charge in [0.25, 0.3) is 10.0 Å². The van der Waals surface area contributed by atoms with Gasteiger partial charge in [-0.15, -0.1) is 0 Å². The third kappa shape index (κ3) is 5.95. The van der Waals surface area contributed by atoms with Crippen molar-refractivity contribution in [1.29, 1.82) is 0 Å². The molecule has 162 valence electrons. The number of benzene rings is 3. The molecule has 3 aromatic rings. The van der Waals surface area contributed by atoms with Crippen molar-refractivity contribution < 1.29 is 18.3 Å². The standard InChI is InChI=1S/C25H27NO4S/c1-2-3-8-19-13-17-22(18-14-19)31(29,30)26-24-12-7-5-10-21(24)16-15-20-9-4-6-11-23(20)25(27)28/h4-7,9-14,17-18,26H,2-3,8,15-16H2,1H3,(H,27,28). The van der Waals surface area contributed by atoms with Crippen LogP contribution < -0.4 is 4.72 Å². The van der Waals surface area contributed by atoms with Crippen LogP contribution in [0.5, 0.6) is 0 Å². The molecule has 31 heavy (non-hydrogen) atoms. The largest absolute Gasteiger partial charge is 0.478 e. The number of carboxylic acids is 1. The molecule has 5 nitrogen and oxygen atoms in total. The Morgan fingerprint density at radius 3 is 2.13 bits per heavy atom. The first-order valence-electron chi connectivity index (χ1n) is 10.4. The van der Waals surface area contributed by atoms with Crippen LogP contribution in [0.1, 0.15) is 46.8 Å². The number of sulfonamides is 1. The molecular weight excluding hydrogens is 410 g/mol. The minimum Gasteiger partial charge on any atom is -0.478 e. The van der Waals surface area contributed by atoms with E-state index >= 15 is 0 Å². The summed E-state index contributed by atoms with van der Waals surface area (Å²) in [5, 5.41) is 9.37.